The van der Waals surface area contributed by atoms with Gasteiger partial charge in [0.1, 0.15) is 5.78 Å². The van der Waals surface area contributed by atoms with E-state index in [-0.39, 0.29) is 28.8 Å². The van der Waals surface area contributed by atoms with Gasteiger partial charge in [-0.1, -0.05) is 41.5 Å². The van der Waals surface area contributed by atoms with Gasteiger partial charge in [-0.3, -0.25) is 4.79 Å². The predicted molar refractivity (Wildman–Crippen MR) is 87.4 cm³/mol. The zero-order valence-electron chi connectivity index (χ0n) is 14.8. The molecule has 0 aliphatic heterocycles. The van der Waals surface area contributed by atoms with Gasteiger partial charge in [0, 0.05) is 24.4 Å². The van der Waals surface area contributed by atoms with Crippen LogP contribution in [0.2, 0.25) is 18.1 Å². The number of ketones is 1. The van der Waals surface area contributed by atoms with Crippen LogP contribution in [0.3, 0.4) is 0 Å². The highest BCUT2D eigenvalue weighted by molar-refractivity contribution is 6.74. The van der Waals surface area contributed by atoms with Crippen LogP contribution in [0.4, 0.5) is 0 Å². The zero-order chi connectivity index (χ0) is 16.3. The van der Waals surface area contributed by atoms with E-state index in [4.69, 9.17) is 4.43 Å². The zero-order valence-corrected chi connectivity index (χ0v) is 15.8. The maximum absolute atomic E-state index is 11.7. The van der Waals surface area contributed by atoms with Crippen molar-refractivity contribution in [1.29, 1.82) is 0 Å². The number of carbonyl (C=O) groups excluding carboxylic acids is 1. The molecule has 0 aliphatic rings. The van der Waals surface area contributed by atoms with Crippen LogP contribution in [0.5, 0.6) is 0 Å². The summed E-state index contributed by atoms with van der Waals surface area (Å²) in [6.45, 7) is 18.7. The van der Waals surface area contributed by atoms with Crippen LogP contribution >= 0.6 is 0 Å². The van der Waals surface area contributed by atoms with Gasteiger partial charge in [0.25, 0.3) is 0 Å². The summed E-state index contributed by atoms with van der Waals surface area (Å²) in [7, 11) is -1.84. The standard InChI is InChI=1S/C16H34O3Si/c1-10-14(17)12(3)15(18)11(2)13(4)19-20(8,9)16(5,6)7/h11-13,15,18H,10H2,1-9H3/t11-,12-,13+,15-/m0/s1. The van der Waals surface area contributed by atoms with Crippen molar-refractivity contribution in [2.24, 2.45) is 11.8 Å². The Morgan fingerprint density at radius 2 is 1.65 bits per heavy atom. The maximum atomic E-state index is 11.7. The van der Waals surface area contributed by atoms with Gasteiger partial charge in [0.2, 0.25) is 0 Å². The summed E-state index contributed by atoms with van der Waals surface area (Å²) in [5, 5.41) is 10.5. The Morgan fingerprint density at radius 3 is 2.00 bits per heavy atom. The molecule has 3 nitrogen and oxygen atoms in total. The molecule has 0 spiro atoms. The summed E-state index contributed by atoms with van der Waals surface area (Å²) in [4.78, 5) is 11.7. The number of hydrogen-bond donors (Lipinski definition) is 1. The van der Waals surface area contributed by atoms with E-state index in [0.717, 1.165) is 0 Å². The van der Waals surface area contributed by atoms with Crippen molar-refractivity contribution in [3.63, 3.8) is 0 Å². The van der Waals surface area contributed by atoms with Gasteiger partial charge in [0.05, 0.1) is 6.10 Å². The van der Waals surface area contributed by atoms with Gasteiger partial charge in [-0.2, -0.15) is 0 Å². The Bertz CT molecular complexity index is 320. The molecule has 0 saturated heterocycles. The Labute approximate surface area is 126 Å². The monoisotopic (exact) mass is 302 g/mol. The largest absolute Gasteiger partial charge is 0.414 e. The minimum absolute atomic E-state index is 0.0435. The normalized spacial score (nSPS) is 19.3. The van der Waals surface area contributed by atoms with Gasteiger partial charge >= 0.3 is 0 Å². The molecule has 20 heavy (non-hydrogen) atoms. The van der Waals surface area contributed by atoms with E-state index in [1.165, 1.54) is 0 Å². The van der Waals surface area contributed by atoms with Gasteiger partial charge in [0.15, 0.2) is 8.32 Å². The predicted octanol–water partition coefficient (Wildman–Crippen LogP) is 4.01. The summed E-state index contributed by atoms with van der Waals surface area (Å²) < 4.78 is 6.32. The summed E-state index contributed by atoms with van der Waals surface area (Å²) >= 11 is 0. The second kappa shape index (κ2) is 7.19. The number of Topliss-reactive ketones (excluding diaryl/α,β-unsaturated/α-hetero) is 1. The van der Waals surface area contributed by atoms with E-state index in [1.54, 1.807) is 0 Å². The molecule has 0 unspecified atom stereocenters. The lowest BCUT2D eigenvalue weighted by atomic mass is 9.87. The molecule has 0 aliphatic carbocycles. The average molecular weight is 303 g/mol. The Kier molecular flexibility index (Phi) is 7.12. The first-order valence-corrected chi connectivity index (χ1v) is 10.6. The van der Waals surface area contributed by atoms with Gasteiger partial charge in [-0.25, -0.2) is 0 Å². The van der Waals surface area contributed by atoms with Crippen molar-refractivity contribution in [1.82, 2.24) is 0 Å². The van der Waals surface area contributed by atoms with Crippen LogP contribution in [0.15, 0.2) is 0 Å². The Balaban J connectivity index is 4.79. The number of aliphatic hydroxyl groups is 1. The molecule has 0 bridgehead atoms. The van der Waals surface area contributed by atoms with E-state index >= 15 is 0 Å². The lowest BCUT2D eigenvalue weighted by Gasteiger charge is -2.41. The van der Waals surface area contributed by atoms with Crippen LogP contribution in [0.1, 0.15) is 54.9 Å². The Morgan fingerprint density at radius 1 is 1.20 bits per heavy atom. The van der Waals surface area contributed by atoms with Crippen LogP contribution in [-0.4, -0.2) is 31.4 Å². The molecule has 4 atom stereocenters. The topological polar surface area (TPSA) is 46.5 Å². The van der Waals surface area contributed by atoms with E-state index in [1.807, 2.05) is 27.7 Å². The van der Waals surface area contributed by atoms with Crippen molar-refractivity contribution in [3.8, 4) is 0 Å². The number of carbonyl (C=O) groups is 1. The summed E-state index contributed by atoms with van der Waals surface area (Å²) in [5.74, 6) is -0.251. The van der Waals surface area contributed by atoms with E-state index in [9.17, 15) is 9.90 Å². The maximum Gasteiger partial charge on any atom is 0.192 e. The first kappa shape index (κ1) is 19.8. The van der Waals surface area contributed by atoms with Gasteiger partial charge < -0.3 is 9.53 Å². The molecular weight excluding hydrogens is 268 g/mol. The molecule has 0 saturated carbocycles. The lowest BCUT2D eigenvalue weighted by molar-refractivity contribution is -0.127. The van der Waals surface area contributed by atoms with Crippen LogP contribution in [0.25, 0.3) is 0 Å². The van der Waals surface area contributed by atoms with Gasteiger partial charge in [-0.05, 0) is 25.1 Å². The fraction of sp³-hybridized carbons (Fsp3) is 0.938. The molecule has 4 heteroatoms. The van der Waals surface area contributed by atoms with Crippen LogP contribution < -0.4 is 0 Å². The molecule has 0 radical (unpaired) electrons. The highest BCUT2D eigenvalue weighted by Crippen LogP contribution is 2.38. The summed E-state index contributed by atoms with van der Waals surface area (Å²) in [5.41, 5.74) is 0. The third-order valence-electron chi connectivity index (χ3n) is 4.93. The van der Waals surface area contributed by atoms with Crippen molar-refractivity contribution in [2.45, 2.75) is 85.2 Å². The van der Waals surface area contributed by atoms with Crippen molar-refractivity contribution in [3.05, 3.63) is 0 Å². The van der Waals surface area contributed by atoms with Crippen LogP contribution in [0, 0.1) is 11.8 Å². The number of hydrogen-bond acceptors (Lipinski definition) is 3. The van der Waals surface area contributed by atoms with Crippen LogP contribution in [-0.2, 0) is 9.22 Å². The molecule has 1 N–H and O–H groups in total. The summed E-state index contributed by atoms with van der Waals surface area (Å²) in [6, 6.07) is 0. The second-order valence-corrected chi connectivity index (χ2v) is 12.3. The average Bonchev–Trinajstić information content (AvgIpc) is 2.32. The Hall–Kier alpha value is -0.193. The lowest BCUT2D eigenvalue weighted by Crippen LogP contribution is -2.47. The highest BCUT2D eigenvalue weighted by Gasteiger charge is 2.40. The first-order valence-electron chi connectivity index (χ1n) is 7.73. The summed E-state index contributed by atoms with van der Waals surface area (Å²) in [6.07, 6.45) is -0.206. The fourth-order valence-corrected chi connectivity index (χ4v) is 3.49. The molecular formula is C16H34O3Si. The molecule has 0 aromatic carbocycles. The molecule has 0 heterocycles. The smallest absolute Gasteiger partial charge is 0.192 e. The first-order chi connectivity index (χ1) is 8.85. The fourth-order valence-electron chi connectivity index (χ4n) is 1.99. The van der Waals surface area contributed by atoms with Crippen molar-refractivity contribution < 1.29 is 14.3 Å². The number of rotatable bonds is 7. The molecule has 0 aromatic heterocycles. The minimum Gasteiger partial charge on any atom is -0.414 e. The second-order valence-electron chi connectivity index (χ2n) is 7.54. The van der Waals surface area contributed by atoms with E-state index in [0.29, 0.717) is 6.42 Å². The molecule has 0 amide bonds. The van der Waals surface area contributed by atoms with E-state index < -0.39 is 14.4 Å². The van der Waals surface area contributed by atoms with Crippen molar-refractivity contribution in [2.75, 3.05) is 0 Å². The molecule has 0 rings (SSSR count). The quantitative estimate of drug-likeness (QED) is 0.723. The third kappa shape index (κ3) is 4.97. The SMILES string of the molecule is CCC(=O)[C@H](C)[C@@H](O)[C@@H](C)[C@@H](C)O[Si](C)(C)C(C)(C)C. The minimum atomic E-state index is -1.84. The molecule has 0 aromatic rings. The highest BCUT2D eigenvalue weighted by atomic mass is 28.4. The molecule has 120 valence electrons. The molecule has 0 fully saturated rings. The number of aliphatic hydroxyl groups excluding tert-OH is 1. The van der Waals surface area contributed by atoms with Crippen molar-refractivity contribution >= 4 is 14.1 Å². The third-order valence-corrected chi connectivity index (χ3v) is 9.51. The van der Waals surface area contributed by atoms with E-state index in [2.05, 4.69) is 33.9 Å². The van der Waals surface area contributed by atoms with Gasteiger partial charge in [-0.15, -0.1) is 0 Å².